The van der Waals surface area contributed by atoms with Crippen LogP contribution in [-0.4, -0.2) is 16.0 Å². The smallest absolute Gasteiger partial charge is 0.163 e. The quantitative estimate of drug-likeness (QED) is 0.809. The third-order valence-electron chi connectivity index (χ3n) is 2.73. The fourth-order valence-electron chi connectivity index (χ4n) is 1.86. The third-order valence-corrected chi connectivity index (χ3v) is 2.73. The molecule has 88 valence electrons. The summed E-state index contributed by atoms with van der Waals surface area (Å²) in [5, 5.41) is 6.90. The van der Waals surface area contributed by atoms with Crippen LogP contribution in [-0.2, 0) is 0 Å². The first kappa shape index (κ1) is 11.5. The highest BCUT2D eigenvalue weighted by Gasteiger charge is 2.16. The molecule has 0 aliphatic heterocycles. The average Bonchev–Trinajstić information content (AvgIpc) is 2.64. The minimum Gasteiger partial charge on any atom is -0.294 e. The number of hydrogen-bond acceptors (Lipinski definition) is 2. The minimum absolute atomic E-state index is 0.0479. The number of carbonyl (C=O) groups excluding carboxylic acids is 1. The number of aromatic amines is 1. The molecular weight excluding hydrogens is 219 g/mol. The van der Waals surface area contributed by atoms with Gasteiger partial charge in [0.25, 0.3) is 0 Å². The van der Waals surface area contributed by atoms with E-state index in [2.05, 4.69) is 10.2 Å². The Bertz CT molecular complexity index is 587. The van der Waals surface area contributed by atoms with E-state index in [1.54, 1.807) is 26.0 Å². The van der Waals surface area contributed by atoms with Gasteiger partial charge in [0.15, 0.2) is 5.78 Å². The number of hydrogen-bond donors (Lipinski definition) is 1. The van der Waals surface area contributed by atoms with Crippen molar-refractivity contribution in [3.63, 3.8) is 0 Å². The molecule has 0 atom stereocenters. The number of ketones is 1. The van der Waals surface area contributed by atoms with E-state index in [1.165, 1.54) is 13.0 Å². The second-order valence-electron chi connectivity index (χ2n) is 4.09. The van der Waals surface area contributed by atoms with E-state index < -0.39 is 0 Å². The average molecular weight is 232 g/mol. The monoisotopic (exact) mass is 232 g/mol. The van der Waals surface area contributed by atoms with Gasteiger partial charge in [0.1, 0.15) is 11.5 Å². The fraction of sp³-hybridized carbons (Fsp3) is 0.231. The van der Waals surface area contributed by atoms with Crippen LogP contribution in [0, 0.1) is 19.7 Å². The van der Waals surface area contributed by atoms with E-state index in [0.717, 1.165) is 11.3 Å². The lowest BCUT2D eigenvalue weighted by Crippen LogP contribution is -1.96. The van der Waals surface area contributed by atoms with Crippen LogP contribution >= 0.6 is 0 Å². The van der Waals surface area contributed by atoms with Crippen molar-refractivity contribution in [1.29, 1.82) is 0 Å². The first-order valence-corrected chi connectivity index (χ1v) is 5.33. The second-order valence-corrected chi connectivity index (χ2v) is 4.09. The number of aryl methyl sites for hydroxylation is 2. The van der Waals surface area contributed by atoms with E-state index in [4.69, 9.17) is 0 Å². The maximum absolute atomic E-state index is 13.2. The molecule has 0 unspecified atom stereocenters. The summed E-state index contributed by atoms with van der Waals surface area (Å²) < 4.78 is 13.2. The van der Waals surface area contributed by atoms with Crippen molar-refractivity contribution >= 4 is 5.78 Å². The van der Waals surface area contributed by atoms with Crippen molar-refractivity contribution in [1.82, 2.24) is 10.2 Å². The summed E-state index contributed by atoms with van der Waals surface area (Å²) in [6.45, 7) is 4.98. The van der Waals surface area contributed by atoms with Crippen LogP contribution in [0.4, 0.5) is 4.39 Å². The summed E-state index contributed by atoms with van der Waals surface area (Å²) in [5.41, 5.74) is 3.17. The van der Waals surface area contributed by atoms with Gasteiger partial charge in [-0.05, 0) is 44.5 Å². The SMILES string of the molecule is CC(=O)c1c(-c2ccc(F)c(C)c2)n[nH]c1C. The zero-order valence-electron chi connectivity index (χ0n) is 9.97. The van der Waals surface area contributed by atoms with E-state index in [9.17, 15) is 9.18 Å². The molecular formula is C13H13FN2O. The highest BCUT2D eigenvalue weighted by Crippen LogP contribution is 2.25. The first-order valence-electron chi connectivity index (χ1n) is 5.33. The molecule has 0 spiro atoms. The van der Waals surface area contributed by atoms with Crippen molar-refractivity contribution in [3.05, 3.63) is 40.8 Å². The van der Waals surface area contributed by atoms with Crippen molar-refractivity contribution in [2.24, 2.45) is 0 Å². The molecule has 1 N–H and O–H groups in total. The Morgan fingerprint density at radius 3 is 2.65 bits per heavy atom. The molecule has 2 rings (SSSR count). The Balaban J connectivity index is 2.60. The number of nitrogens with one attached hydrogen (secondary N) is 1. The predicted octanol–water partition coefficient (Wildman–Crippen LogP) is 3.04. The van der Waals surface area contributed by atoms with Crippen molar-refractivity contribution in [2.75, 3.05) is 0 Å². The number of Topliss-reactive ketones (excluding diaryl/α,β-unsaturated/α-hetero) is 1. The standard InChI is InChI=1S/C13H13FN2O/c1-7-6-10(4-5-11(7)14)13-12(9(3)17)8(2)15-16-13/h4-6H,1-3H3,(H,15,16). The molecule has 0 bridgehead atoms. The van der Waals surface area contributed by atoms with Crippen LogP contribution in [0.2, 0.25) is 0 Å². The molecule has 0 amide bonds. The number of rotatable bonds is 2. The second kappa shape index (κ2) is 4.13. The first-order chi connectivity index (χ1) is 8.00. The number of carbonyl (C=O) groups is 1. The molecule has 2 aromatic rings. The van der Waals surface area contributed by atoms with Gasteiger partial charge in [-0.25, -0.2) is 4.39 Å². The third kappa shape index (κ3) is 1.98. The summed E-state index contributed by atoms with van der Waals surface area (Å²) in [7, 11) is 0. The highest BCUT2D eigenvalue weighted by atomic mass is 19.1. The Morgan fingerprint density at radius 1 is 1.35 bits per heavy atom. The number of benzene rings is 1. The van der Waals surface area contributed by atoms with Gasteiger partial charge in [-0.1, -0.05) is 0 Å². The summed E-state index contributed by atoms with van der Waals surface area (Å²) in [6, 6.07) is 4.71. The van der Waals surface area contributed by atoms with Crippen LogP contribution in [0.25, 0.3) is 11.3 Å². The topological polar surface area (TPSA) is 45.8 Å². The van der Waals surface area contributed by atoms with Gasteiger partial charge in [-0.2, -0.15) is 5.10 Å². The Morgan fingerprint density at radius 2 is 2.06 bits per heavy atom. The van der Waals surface area contributed by atoms with Crippen LogP contribution in [0.1, 0.15) is 28.5 Å². The van der Waals surface area contributed by atoms with Gasteiger partial charge in [-0.3, -0.25) is 9.89 Å². The summed E-state index contributed by atoms with van der Waals surface area (Å²) in [6.07, 6.45) is 0. The molecule has 1 heterocycles. The van der Waals surface area contributed by atoms with Crippen LogP contribution in [0.5, 0.6) is 0 Å². The Hall–Kier alpha value is -1.97. The van der Waals surface area contributed by atoms with Gasteiger partial charge in [0.05, 0.1) is 5.56 Å². The summed E-state index contributed by atoms with van der Waals surface area (Å²) in [5.74, 6) is -0.307. The fourth-order valence-corrected chi connectivity index (χ4v) is 1.86. The lowest BCUT2D eigenvalue weighted by atomic mass is 10.0. The van der Waals surface area contributed by atoms with E-state index in [-0.39, 0.29) is 11.6 Å². The van der Waals surface area contributed by atoms with Gasteiger partial charge < -0.3 is 0 Å². The van der Waals surface area contributed by atoms with Crippen molar-refractivity contribution < 1.29 is 9.18 Å². The van der Waals surface area contributed by atoms with E-state index >= 15 is 0 Å². The number of halogens is 1. The molecule has 17 heavy (non-hydrogen) atoms. The largest absolute Gasteiger partial charge is 0.294 e. The van der Waals surface area contributed by atoms with Gasteiger partial charge in [0, 0.05) is 11.3 Å². The van der Waals surface area contributed by atoms with Crippen molar-refractivity contribution in [2.45, 2.75) is 20.8 Å². The number of H-pyrrole nitrogens is 1. The minimum atomic E-state index is -0.259. The van der Waals surface area contributed by atoms with Gasteiger partial charge in [0.2, 0.25) is 0 Å². The van der Waals surface area contributed by atoms with E-state index in [0.29, 0.717) is 16.8 Å². The maximum atomic E-state index is 13.2. The summed E-state index contributed by atoms with van der Waals surface area (Å²) >= 11 is 0. The van der Waals surface area contributed by atoms with Crippen LogP contribution in [0.3, 0.4) is 0 Å². The molecule has 1 aromatic heterocycles. The molecule has 0 aliphatic rings. The number of aromatic nitrogens is 2. The van der Waals surface area contributed by atoms with Crippen LogP contribution < -0.4 is 0 Å². The Labute approximate surface area is 98.7 Å². The maximum Gasteiger partial charge on any atom is 0.163 e. The molecule has 1 aromatic carbocycles. The molecule has 0 aliphatic carbocycles. The number of nitrogens with zero attached hydrogens (tertiary/aromatic N) is 1. The molecule has 0 radical (unpaired) electrons. The Kier molecular flexibility index (Phi) is 2.79. The molecule has 4 heteroatoms. The van der Waals surface area contributed by atoms with Crippen molar-refractivity contribution in [3.8, 4) is 11.3 Å². The normalized spacial score (nSPS) is 10.6. The predicted molar refractivity (Wildman–Crippen MR) is 63.5 cm³/mol. The molecule has 0 saturated carbocycles. The zero-order valence-corrected chi connectivity index (χ0v) is 9.97. The lowest BCUT2D eigenvalue weighted by molar-refractivity contribution is 0.101. The summed E-state index contributed by atoms with van der Waals surface area (Å²) in [4.78, 5) is 11.5. The zero-order chi connectivity index (χ0) is 12.6. The highest BCUT2D eigenvalue weighted by molar-refractivity contribution is 6.00. The van der Waals surface area contributed by atoms with Crippen LogP contribution in [0.15, 0.2) is 18.2 Å². The van der Waals surface area contributed by atoms with E-state index in [1.807, 2.05) is 0 Å². The molecule has 0 saturated heterocycles. The molecule has 0 fully saturated rings. The van der Waals surface area contributed by atoms with Gasteiger partial charge in [-0.15, -0.1) is 0 Å². The molecule has 3 nitrogen and oxygen atoms in total. The lowest BCUT2D eigenvalue weighted by Gasteiger charge is -2.02. The van der Waals surface area contributed by atoms with Gasteiger partial charge >= 0.3 is 0 Å².